The molecule has 1 aliphatic rings. The van der Waals surface area contributed by atoms with Gasteiger partial charge in [-0.15, -0.1) is 0 Å². The number of aromatic nitrogens is 1. The van der Waals surface area contributed by atoms with E-state index in [0.717, 1.165) is 54.8 Å². The standard InChI is InChI=1S/C29H24BNO4/c1-28(2)29(3,4)35-30(34-28)20-12-8-11-19-18(20)13-14-21-24(19)25-22(32-21)15-16-23-26(25)31-27(33-23)17-9-6-5-7-10-17/h5-16H,1-4H3. The molecule has 2 aromatic heterocycles. The lowest BCUT2D eigenvalue weighted by molar-refractivity contribution is 0.00578. The molecule has 35 heavy (non-hydrogen) atoms. The molecule has 172 valence electrons. The minimum atomic E-state index is -0.448. The van der Waals surface area contributed by atoms with Gasteiger partial charge in [0.1, 0.15) is 16.7 Å². The van der Waals surface area contributed by atoms with Crippen LogP contribution in [0.25, 0.3) is 55.3 Å². The normalized spacial score (nSPS) is 17.3. The van der Waals surface area contributed by atoms with E-state index in [-0.39, 0.29) is 0 Å². The number of fused-ring (bicyclic) bond motifs is 7. The Morgan fingerprint density at radius 3 is 2.09 bits per heavy atom. The molecule has 0 N–H and O–H groups in total. The first kappa shape index (κ1) is 20.7. The first-order chi connectivity index (χ1) is 16.8. The fourth-order valence-electron chi connectivity index (χ4n) is 5.01. The topological polar surface area (TPSA) is 57.6 Å². The molecule has 7 rings (SSSR count). The molecule has 1 aliphatic heterocycles. The van der Waals surface area contributed by atoms with Gasteiger partial charge in [-0.1, -0.05) is 42.5 Å². The van der Waals surface area contributed by atoms with E-state index in [4.69, 9.17) is 23.1 Å². The molecular weight excluding hydrogens is 437 g/mol. The Balaban J connectivity index is 1.49. The lowest BCUT2D eigenvalue weighted by Crippen LogP contribution is -2.41. The van der Waals surface area contributed by atoms with Gasteiger partial charge >= 0.3 is 7.12 Å². The number of hydrogen-bond acceptors (Lipinski definition) is 5. The quantitative estimate of drug-likeness (QED) is 0.264. The molecule has 6 aromatic rings. The Bertz CT molecular complexity index is 1750. The Kier molecular flexibility index (Phi) is 4.13. The predicted octanol–water partition coefficient (Wildman–Crippen LogP) is 6.85. The molecule has 1 fully saturated rings. The molecule has 0 bridgehead atoms. The highest BCUT2D eigenvalue weighted by atomic mass is 16.7. The molecule has 0 saturated carbocycles. The van der Waals surface area contributed by atoms with Gasteiger partial charge in [0, 0.05) is 10.9 Å². The summed E-state index contributed by atoms with van der Waals surface area (Å²) in [6.07, 6.45) is 0. The van der Waals surface area contributed by atoms with Crippen molar-refractivity contribution in [2.24, 2.45) is 0 Å². The Morgan fingerprint density at radius 1 is 0.629 bits per heavy atom. The van der Waals surface area contributed by atoms with Gasteiger partial charge in [0.05, 0.1) is 16.6 Å². The molecule has 6 heteroatoms. The first-order valence-corrected chi connectivity index (χ1v) is 11.9. The monoisotopic (exact) mass is 461 g/mol. The average molecular weight is 461 g/mol. The highest BCUT2D eigenvalue weighted by Crippen LogP contribution is 2.41. The SMILES string of the molecule is CC1(C)OB(c2cccc3c2ccc2oc4ccc5oc(-c6ccccc6)nc5c4c23)OC1(C)C. The molecule has 0 spiro atoms. The molecule has 1 saturated heterocycles. The second-order valence-corrected chi connectivity index (χ2v) is 10.2. The van der Waals surface area contributed by atoms with Gasteiger partial charge < -0.3 is 18.1 Å². The number of oxazole rings is 1. The number of furan rings is 1. The van der Waals surface area contributed by atoms with Crippen LogP contribution >= 0.6 is 0 Å². The van der Waals surface area contributed by atoms with E-state index in [1.165, 1.54) is 0 Å². The van der Waals surface area contributed by atoms with E-state index in [2.05, 4.69) is 52.0 Å². The second-order valence-electron chi connectivity index (χ2n) is 10.2. The Hall–Kier alpha value is -3.61. The minimum absolute atomic E-state index is 0.410. The van der Waals surface area contributed by atoms with Crippen LogP contribution in [0.4, 0.5) is 0 Å². The van der Waals surface area contributed by atoms with E-state index >= 15 is 0 Å². The summed E-state index contributed by atoms with van der Waals surface area (Å²) in [6.45, 7) is 8.30. The van der Waals surface area contributed by atoms with Crippen LogP contribution in [0.3, 0.4) is 0 Å². The smallest absolute Gasteiger partial charge is 0.456 e. The highest BCUT2D eigenvalue weighted by Gasteiger charge is 2.52. The highest BCUT2D eigenvalue weighted by molar-refractivity contribution is 6.65. The molecule has 3 heterocycles. The van der Waals surface area contributed by atoms with Crippen molar-refractivity contribution in [1.82, 2.24) is 4.98 Å². The molecule has 0 atom stereocenters. The summed E-state index contributed by atoms with van der Waals surface area (Å²) in [5.74, 6) is 0.598. The third kappa shape index (κ3) is 2.93. The number of nitrogens with zero attached hydrogens (tertiary/aromatic N) is 1. The maximum absolute atomic E-state index is 6.39. The maximum atomic E-state index is 6.39. The van der Waals surface area contributed by atoms with E-state index in [1.54, 1.807) is 0 Å². The number of rotatable bonds is 2. The van der Waals surface area contributed by atoms with Crippen LogP contribution in [-0.2, 0) is 9.31 Å². The summed E-state index contributed by atoms with van der Waals surface area (Å²) >= 11 is 0. The summed E-state index contributed by atoms with van der Waals surface area (Å²) in [7, 11) is -0.448. The molecule has 4 aromatic carbocycles. The van der Waals surface area contributed by atoms with Gasteiger partial charge in [-0.25, -0.2) is 4.98 Å². The van der Waals surface area contributed by atoms with Crippen LogP contribution in [0.15, 0.2) is 81.6 Å². The van der Waals surface area contributed by atoms with Crippen LogP contribution in [0.2, 0.25) is 0 Å². The Labute approximate surface area is 202 Å². The van der Waals surface area contributed by atoms with Gasteiger partial charge in [0.2, 0.25) is 5.89 Å². The first-order valence-electron chi connectivity index (χ1n) is 11.9. The molecule has 0 aliphatic carbocycles. The van der Waals surface area contributed by atoms with E-state index in [1.807, 2.05) is 48.5 Å². The second kappa shape index (κ2) is 6.97. The summed E-state index contributed by atoms with van der Waals surface area (Å²) < 4.78 is 25.2. The van der Waals surface area contributed by atoms with Crippen LogP contribution < -0.4 is 5.46 Å². The van der Waals surface area contributed by atoms with Crippen molar-refractivity contribution in [2.75, 3.05) is 0 Å². The van der Waals surface area contributed by atoms with Gasteiger partial charge in [-0.3, -0.25) is 0 Å². The van der Waals surface area contributed by atoms with Crippen molar-refractivity contribution < 1.29 is 18.1 Å². The molecule has 0 unspecified atom stereocenters. The zero-order valence-electron chi connectivity index (χ0n) is 20.1. The van der Waals surface area contributed by atoms with E-state index in [0.29, 0.717) is 5.89 Å². The van der Waals surface area contributed by atoms with Gasteiger partial charge in [-0.05, 0) is 74.3 Å². The lowest BCUT2D eigenvalue weighted by Gasteiger charge is -2.32. The average Bonchev–Trinajstić information content (AvgIpc) is 3.50. The predicted molar refractivity (Wildman–Crippen MR) is 140 cm³/mol. The summed E-state index contributed by atoms with van der Waals surface area (Å²) in [5, 5.41) is 4.13. The molecule has 0 radical (unpaired) electrons. The van der Waals surface area contributed by atoms with Crippen LogP contribution in [0.1, 0.15) is 27.7 Å². The maximum Gasteiger partial charge on any atom is 0.495 e. The van der Waals surface area contributed by atoms with Gasteiger partial charge in [0.15, 0.2) is 5.58 Å². The van der Waals surface area contributed by atoms with Crippen molar-refractivity contribution in [3.8, 4) is 11.5 Å². The number of benzene rings is 4. The van der Waals surface area contributed by atoms with Crippen LogP contribution in [0, 0.1) is 0 Å². The van der Waals surface area contributed by atoms with Crippen molar-refractivity contribution in [1.29, 1.82) is 0 Å². The largest absolute Gasteiger partial charge is 0.495 e. The molecule has 0 amide bonds. The summed E-state index contributed by atoms with van der Waals surface area (Å²) in [5.41, 5.74) is 4.27. The zero-order chi connectivity index (χ0) is 23.9. The van der Waals surface area contributed by atoms with Gasteiger partial charge in [0.25, 0.3) is 0 Å². The van der Waals surface area contributed by atoms with Crippen molar-refractivity contribution in [3.05, 3.63) is 72.8 Å². The van der Waals surface area contributed by atoms with Crippen molar-refractivity contribution >= 4 is 56.4 Å². The Morgan fingerprint density at radius 2 is 1.31 bits per heavy atom. The van der Waals surface area contributed by atoms with E-state index in [9.17, 15) is 0 Å². The van der Waals surface area contributed by atoms with Crippen LogP contribution in [0.5, 0.6) is 0 Å². The van der Waals surface area contributed by atoms with Gasteiger partial charge in [-0.2, -0.15) is 0 Å². The molecule has 5 nitrogen and oxygen atoms in total. The van der Waals surface area contributed by atoms with Crippen molar-refractivity contribution in [3.63, 3.8) is 0 Å². The zero-order valence-corrected chi connectivity index (χ0v) is 20.1. The van der Waals surface area contributed by atoms with Crippen molar-refractivity contribution in [2.45, 2.75) is 38.9 Å². The summed E-state index contributed by atoms with van der Waals surface area (Å²) in [6, 6.07) is 24.2. The summed E-state index contributed by atoms with van der Waals surface area (Å²) in [4.78, 5) is 4.90. The third-order valence-electron chi connectivity index (χ3n) is 7.58. The number of hydrogen-bond donors (Lipinski definition) is 0. The minimum Gasteiger partial charge on any atom is -0.456 e. The van der Waals surface area contributed by atoms with E-state index < -0.39 is 18.3 Å². The fraction of sp³-hybridized carbons (Fsp3) is 0.207. The molecular formula is C29H24BNO4. The fourth-order valence-corrected chi connectivity index (χ4v) is 5.01. The van der Waals surface area contributed by atoms with Crippen LogP contribution in [-0.4, -0.2) is 23.3 Å². The lowest BCUT2D eigenvalue weighted by atomic mass is 9.76. The third-order valence-corrected chi connectivity index (χ3v) is 7.58.